The molecule has 0 fully saturated rings. The number of anilines is 1. The summed E-state index contributed by atoms with van der Waals surface area (Å²) in [6, 6.07) is 20.2. The zero-order valence-electron chi connectivity index (χ0n) is 20.4. The maximum absolute atomic E-state index is 14.4. The summed E-state index contributed by atoms with van der Waals surface area (Å²) in [7, 11) is -4.15. The number of carbonyl (C=O) groups excluding carboxylic acids is 1. The number of nitrogens with zero attached hydrogens (tertiary/aromatic N) is 3. The summed E-state index contributed by atoms with van der Waals surface area (Å²) >= 11 is 12.3. The molecule has 7 nitrogen and oxygen atoms in total. The van der Waals surface area contributed by atoms with Crippen molar-refractivity contribution < 1.29 is 17.6 Å². The summed E-state index contributed by atoms with van der Waals surface area (Å²) in [5.74, 6) is -1.07. The Labute approximate surface area is 230 Å². The lowest BCUT2D eigenvalue weighted by Gasteiger charge is -2.24. The molecule has 0 radical (unpaired) electrons. The van der Waals surface area contributed by atoms with E-state index in [4.69, 9.17) is 23.2 Å². The summed E-state index contributed by atoms with van der Waals surface area (Å²) in [4.78, 5) is 12.8. The highest BCUT2D eigenvalue weighted by Crippen LogP contribution is 2.32. The van der Waals surface area contributed by atoms with Gasteiger partial charge in [-0.05, 0) is 62.4 Å². The van der Waals surface area contributed by atoms with Gasteiger partial charge >= 0.3 is 0 Å². The molecule has 0 unspecified atom stereocenters. The SMILES string of the molecule is Cc1cc(/C=N\NC(=O)CN(c2ccc(Cl)cc2Cl)S(=O)(=O)c2ccccc2)c(C)n1-c1ccccc1F. The zero-order chi connectivity index (χ0) is 27.4. The van der Waals surface area contributed by atoms with E-state index in [9.17, 15) is 17.6 Å². The van der Waals surface area contributed by atoms with Crippen molar-refractivity contribution in [2.24, 2.45) is 5.10 Å². The number of amides is 1. The number of hydrazone groups is 1. The number of nitrogens with one attached hydrogen (secondary N) is 1. The molecule has 11 heteroatoms. The lowest BCUT2D eigenvalue weighted by molar-refractivity contribution is -0.119. The molecular weight excluding hydrogens is 550 g/mol. The van der Waals surface area contributed by atoms with Crippen LogP contribution in [0.25, 0.3) is 5.69 Å². The van der Waals surface area contributed by atoms with E-state index < -0.39 is 22.5 Å². The number of benzene rings is 3. The molecule has 4 rings (SSSR count). The normalized spacial score (nSPS) is 11.6. The van der Waals surface area contributed by atoms with Gasteiger partial charge in [0.1, 0.15) is 12.4 Å². The number of para-hydroxylation sites is 1. The van der Waals surface area contributed by atoms with Crippen molar-refractivity contribution in [1.82, 2.24) is 9.99 Å². The number of carbonyl (C=O) groups is 1. The fourth-order valence-electron chi connectivity index (χ4n) is 3.96. The van der Waals surface area contributed by atoms with Crippen LogP contribution in [0.1, 0.15) is 17.0 Å². The third-order valence-corrected chi connectivity index (χ3v) is 8.07. The molecule has 0 saturated heterocycles. The molecule has 1 amide bonds. The average Bonchev–Trinajstić information content (AvgIpc) is 3.16. The van der Waals surface area contributed by atoms with Crippen molar-refractivity contribution in [3.05, 3.63) is 112 Å². The molecule has 38 heavy (non-hydrogen) atoms. The molecule has 0 aliphatic rings. The van der Waals surface area contributed by atoms with Gasteiger partial charge in [-0.15, -0.1) is 0 Å². The van der Waals surface area contributed by atoms with Crippen LogP contribution in [-0.2, 0) is 14.8 Å². The summed E-state index contributed by atoms with van der Waals surface area (Å²) in [5, 5.41) is 4.39. The van der Waals surface area contributed by atoms with Crippen LogP contribution in [0.2, 0.25) is 10.0 Å². The molecule has 1 heterocycles. The summed E-state index contributed by atoms with van der Waals surface area (Å²) < 4.78 is 43.9. The van der Waals surface area contributed by atoms with Gasteiger partial charge in [0.05, 0.1) is 27.5 Å². The van der Waals surface area contributed by atoms with Gasteiger partial charge in [-0.3, -0.25) is 9.10 Å². The van der Waals surface area contributed by atoms with Crippen molar-refractivity contribution >= 4 is 51.0 Å². The summed E-state index contributed by atoms with van der Waals surface area (Å²) in [6.45, 7) is 3.04. The monoisotopic (exact) mass is 572 g/mol. The molecular formula is C27H23Cl2FN4O3S. The van der Waals surface area contributed by atoms with Crippen LogP contribution in [0.3, 0.4) is 0 Å². The average molecular weight is 573 g/mol. The van der Waals surface area contributed by atoms with Crippen molar-refractivity contribution in [2.75, 3.05) is 10.8 Å². The standard InChI is InChI=1S/C27H23Cl2FN4O3S/c1-18-14-20(19(2)34(18)26-11-7-6-10-24(26)30)16-31-32-27(35)17-33(25-13-12-21(28)15-23(25)29)38(36,37)22-8-4-3-5-9-22/h3-16H,17H2,1-2H3,(H,32,35)/b31-16-. The first-order valence-corrected chi connectivity index (χ1v) is 13.6. The number of hydrogen-bond acceptors (Lipinski definition) is 4. The van der Waals surface area contributed by atoms with E-state index >= 15 is 0 Å². The van der Waals surface area contributed by atoms with Gasteiger partial charge in [0, 0.05) is 22.0 Å². The molecule has 3 aromatic carbocycles. The van der Waals surface area contributed by atoms with Crippen LogP contribution in [0.4, 0.5) is 10.1 Å². The topological polar surface area (TPSA) is 83.8 Å². The Morgan fingerprint density at radius 1 is 1.03 bits per heavy atom. The van der Waals surface area contributed by atoms with E-state index in [-0.39, 0.29) is 21.4 Å². The van der Waals surface area contributed by atoms with Gasteiger partial charge in [0.2, 0.25) is 0 Å². The first-order valence-electron chi connectivity index (χ1n) is 11.4. The first-order chi connectivity index (χ1) is 18.1. The van der Waals surface area contributed by atoms with E-state index in [0.29, 0.717) is 22.0 Å². The predicted octanol–water partition coefficient (Wildman–Crippen LogP) is 5.89. The van der Waals surface area contributed by atoms with Crippen molar-refractivity contribution in [3.63, 3.8) is 0 Å². The first kappa shape index (κ1) is 27.4. The van der Waals surface area contributed by atoms with E-state index in [0.717, 1.165) is 10.00 Å². The molecule has 1 aromatic heterocycles. The van der Waals surface area contributed by atoms with Gasteiger partial charge in [-0.1, -0.05) is 53.5 Å². The molecule has 0 saturated carbocycles. The van der Waals surface area contributed by atoms with E-state index in [1.165, 1.54) is 42.6 Å². The highest BCUT2D eigenvalue weighted by molar-refractivity contribution is 7.92. The van der Waals surface area contributed by atoms with Crippen LogP contribution in [0.15, 0.2) is 88.9 Å². The van der Waals surface area contributed by atoms with Crippen LogP contribution >= 0.6 is 23.2 Å². The maximum Gasteiger partial charge on any atom is 0.264 e. The lowest BCUT2D eigenvalue weighted by Crippen LogP contribution is -2.39. The molecule has 1 N–H and O–H groups in total. The Balaban J connectivity index is 1.58. The van der Waals surface area contributed by atoms with Gasteiger partial charge in [0.15, 0.2) is 0 Å². The number of aromatic nitrogens is 1. The number of halogens is 3. The Kier molecular flexibility index (Phi) is 8.20. The van der Waals surface area contributed by atoms with Gasteiger partial charge in [-0.2, -0.15) is 5.10 Å². The number of rotatable bonds is 8. The number of hydrogen-bond donors (Lipinski definition) is 1. The largest absolute Gasteiger partial charge is 0.315 e. The van der Waals surface area contributed by atoms with Crippen molar-refractivity contribution in [2.45, 2.75) is 18.7 Å². The molecule has 196 valence electrons. The van der Waals surface area contributed by atoms with Crippen LogP contribution in [-0.4, -0.2) is 31.7 Å². The second kappa shape index (κ2) is 11.4. The second-order valence-electron chi connectivity index (χ2n) is 8.33. The Hall–Kier alpha value is -3.66. The number of aryl methyl sites for hydroxylation is 1. The molecule has 0 aliphatic heterocycles. The molecule has 4 aromatic rings. The third-order valence-electron chi connectivity index (χ3n) is 5.75. The summed E-state index contributed by atoms with van der Waals surface area (Å²) in [5.41, 5.74) is 4.99. The van der Waals surface area contributed by atoms with Gasteiger partial charge in [0.25, 0.3) is 15.9 Å². The van der Waals surface area contributed by atoms with Crippen molar-refractivity contribution in [1.29, 1.82) is 0 Å². The van der Waals surface area contributed by atoms with E-state index in [1.807, 2.05) is 6.92 Å². The lowest BCUT2D eigenvalue weighted by atomic mass is 10.2. The highest BCUT2D eigenvalue weighted by atomic mass is 35.5. The van der Waals surface area contributed by atoms with E-state index in [2.05, 4.69) is 10.5 Å². The Morgan fingerprint density at radius 2 is 1.71 bits per heavy atom. The van der Waals surface area contributed by atoms with E-state index in [1.54, 1.807) is 54.0 Å². The summed E-state index contributed by atoms with van der Waals surface area (Å²) in [6.07, 6.45) is 1.42. The maximum atomic E-state index is 14.4. The minimum atomic E-state index is -4.15. The molecule has 0 bridgehead atoms. The fraction of sp³-hybridized carbons (Fsp3) is 0.111. The fourth-order valence-corrected chi connectivity index (χ4v) is 5.99. The van der Waals surface area contributed by atoms with Crippen LogP contribution in [0, 0.1) is 19.7 Å². The Morgan fingerprint density at radius 3 is 2.39 bits per heavy atom. The smallest absolute Gasteiger partial charge is 0.264 e. The quantitative estimate of drug-likeness (QED) is 0.211. The molecule has 0 aliphatic carbocycles. The Bertz CT molecular complexity index is 1620. The zero-order valence-corrected chi connectivity index (χ0v) is 22.7. The van der Waals surface area contributed by atoms with Gasteiger partial charge in [-0.25, -0.2) is 18.2 Å². The highest BCUT2D eigenvalue weighted by Gasteiger charge is 2.28. The predicted molar refractivity (Wildman–Crippen MR) is 148 cm³/mol. The molecule has 0 atom stereocenters. The van der Waals surface area contributed by atoms with Crippen LogP contribution in [0.5, 0.6) is 0 Å². The third kappa shape index (κ3) is 5.75. The minimum absolute atomic E-state index is 0.0112. The molecule has 0 spiro atoms. The van der Waals surface area contributed by atoms with Crippen molar-refractivity contribution in [3.8, 4) is 5.69 Å². The number of sulfonamides is 1. The second-order valence-corrected chi connectivity index (χ2v) is 11.0. The van der Waals surface area contributed by atoms with Gasteiger partial charge < -0.3 is 4.57 Å². The minimum Gasteiger partial charge on any atom is -0.315 e. The van der Waals surface area contributed by atoms with Crippen LogP contribution < -0.4 is 9.73 Å².